The fraction of sp³-hybridized carbons (Fsp3) is 0.435. The molecule has 1 amide bonds. The number of carbonyl (C=O) groups is 1. The van der Waals surface area contributed by atoms with Gasteiger partial charge in [0.15, 0.2) is 0 Å². The Balaban J connectivity index is 1.51. The Labute approximate surface area is 165 Å². The molecular formula is C23H27FN2O2. The molecule has 1 aliphatic heterocycles. The molecule has 1 saturated carbocycles. The first-order valence-corrected chi connectivity index (χ1v) is 10.1. The van der Waals surface area contributed by atoms with Crippen molar-refractivity contribution < 1.29 is 14.3 Å². The predicted octanol–water partition coefficient (Wildman–Crippen LogP) is 3.18. The van der Waals surface area contributed by atoms with Crippen molar-refractivity contribution >= 4 is 5.91 Å². The summed E-state index contributed by atoms with van der Waals surface area (Å²) in [6.45, 7) is 1.40. The number of benzene rings is 2. The highest BCUT2D eigenvalue weighted by Crippen LogP contribution is 2.34. The van der Waals surface area contributed by atoms with Crippen LogP contribution in [0.5, 0.6) is 0 Å². The van der Waals surface area contributed by atoms with Crippen molar-refractivity contribution in [1.82, 2.24) is 10.2 Å². The summed E-state index contributed by atoms with van der Waals surface area (Å²) in [6, 6.07) is 16.1. The maximum Gasteiger partial charge on any atom is 0.253 e. The van der Waals surface area contributed by atoms with Crippen LogP contribution in [0.3, 0.4) is 0 Å². The van der Waals surface area contributed by atoms with Gasteiger partial charge in [-0.2, -0.15) is 0 Å². The van der Waals surface area contributed by atoms with Crippen molar-refractivity contribution in [3.8, 4) is 0 Å². The molecule has 1 heterocycles. The van der Waals surface area contributed by atoms with Gasteiger partial charge in [0, 0.05) is 36.7 Å². The molecule has 4 nitrogen and oxygen atoms in total. The first-order chi connectivity index (χ1) is 13.7. The molecule has 4 rings (SSSR count). The van der Waals surface area contributed by atoms with Gasteiger partial charge in [-0.1, -0.05) is 36.8 Å². The molecule has 2 aromatic carbocycles. The molecule has 0 spiro atoms. The number of rotatable bonds is 7. The highest BCUT2D eigenvalue weighted by Gasteiger charge is 2.42. The molecule has 5 heteroatoms. The zero-order valence-electron chi connectivity index (χ0n) is 15.9. The van der Waals surface area contributed by atoms with Gasteiger partial charge >= 0.3 is 0 Å². The third kappa shape index (κ3) is 3.96. The van der Waals surface area contributed by atoms with E-state index < -0.39 is 0 Å². The van der Waals surface area contributed by atoms with Gasteiger partial charge < -0.3 is 15.3 Å². The number of aliphatic hydroxyl groups excluding tert-OH is 1. The molecule has 148 valence electrons. The molecule has 0 radical (unpaired) electrons. The maximum atomic E-state index is 13.3. The summed E-state index contributed by atoms with van der Waals surface area (Å²) in [5, 5.41) is 13.1. The van der Waals surface area contributed by atoms with Gasteiger partial charge in [-0.15, -0.1) is 0 Å². The van der Waals surface area contributed by atoms with E-state index in [0.717, 1.165) is 19.4 Å². The van der Waals surface area contributed by atoms with Crippen LogP contribution in [0.25, 0.3) is 0 Å². The Morgan fingerprint density at radius 2 is 1.75 bits per heavy atom. The van der Waals surface area contributed by atoms with Gasteiger partial charge in [0.25, 0.3) is 5.91 Å². The third-order valence-electron chi connectivity index (χ3n) is 6.18. The predicted molar refractivity (Wildman–Crippen MR) is 107 cm³/mol. The number of hydrogen-bond donors (Lipinski definition) is 2. The molecule has 3 atom stereocenters. The van der Waals surface area contributed by atoms with Crippen molar-refractivity contribution in [1.29, 1.82) is 0 Å². The zero-order valence-corrected chi connectivity index (χ0v) is 15.9. The van der Waals surface area contributed by atoms with Crippen LogP contribution in [0.2, 0.25) is 0 Å². The molecule has 28 heavy (non-hydrogen) atoms. The van der Waals surface area contributed by atoms with Crippen LogP contribution in [-0.4, -0.2) is 47.7 Å². The minimum atomic E-state index is -0.335. The van der Waals surface area contributed by atoms with Gasteiger partial charge in [-0.3, -0.25) is 4.79 Å². The summed E-state index contributed by atoms with van der Waals surface area (Å²) in [7, 11) is 0. The SMILES string of the molecule is O=C(c1ccc(F)cc1)N(CC1CCC1)C[C@@H]1N[C@H](CO)[C@@H]1c1ccccc1. The van der Waals surface area contributed by atoms with Crippen LogP contribution in [0.1, 0.15) is 41.1 Å². The molecule has 2 N–H and O–H groups in total. The molecule has 1 aliphatic carbocycles. The lowest BCUT2D eigenvalue weighted by Gasteiger charge is -2.48. The fourth-order valence-electron chi connectivity index (χ4n) is 4.36. The maximum absolute atomic E-state index is 13.3. The Hall–Kier alpha value is -2.24. The van der Waals surface area contributed by atoms with Crippen molar-refractivity contribution in [3.05, 3.63) is 71.5 Å². The smallest absolute Gasteiger partial charge is 0.253 e. The molecule has 2 aliphatic rings. The molecule has 1 saturated heterocycles. The Morgan fingerprint density at radius 3 is 2.36 bits per heavy atom. The highest BCUT2D eigenvalue weighted by atomic mass is 19.1. The fourth-order valence-corrected chi connectivity index (χ4v) is 4.36. The summed E-state index contributed by atoms with van der Waals surface area (Å²) in [6.07, 6.45) is 3.55. The van der Waals surface area contributed by atoms with Gasteiger partial charge in [0.2, 0.25) is 0 Å². The number of amides is 1. The van der Waals surface area contributed by atoms with Gasteiger partial charge in [0.1, 0.15) is 5.82 Å². The van der Waals surface area contributed by atoms with Gasteiger partial charge in [0.05, 0.1) is 6.61 Å². The average Bonchev–Trinajstić information content (AvgIpc) is 2.66. The van der Waals surface area contributed by atoms with E-state index >= 15 is 0 Å². The average molecular weight is 382 g/mol. The van der Waals surface area contributed by atoms with Crippen LogP contribution in [-0.2, 0) is 0 Å². The lowest BCUT2D eigenvalue weighted by molar-refractivity contribution is 0.0554. The van der Waals surface area contributed by atoms with Crippen LogP contribution in [0, 0.1) is 11.7 Å². The number of nitrogens with zero attached hydrogens (tertiary/aromatic N) is 1. The van der Waals surface area contributed by atoms with E-state index in [4.69, 9.17) is 0 Å². The normalized spacial score (nSPS) is 24.3. The molecule has 0 unspecified atom stereocenters. The largest absolute Gasteiger partial charge is 0.395 e. The molecular weight excluding hydrogens is 355 g/mol. The van der Waals surface area contributed by atoms with Crippen molar-refractivity contribution in [2.75, 3.05) is 19.7 Å². The van der Waals surface area contributed by atoms with Crippen molar-refractivity contribution in [3.63, 3.8) is 0 Å². The summed E-state index contributed by atoms with van der Waals surface area (Å²) in [4.78, 5) is 15.0. The second-order valence-corrected chi connectivity index (χ2v) is 8.01. The topological polar surface area (TPSA) is 52.6 Å². The summed E-state index contributed by atoms with van der Waals surface area (Å²) < 4.78 is 13.3. The number of hydrogen-bond acceptors (Lipinski definition) is 3. The number of aliphatic hydroxyl groups is 1. The summed E-state index contributed by atoms with van der Waals surface area (Å²) in [5.41, 5.74) is 1.71. The molecule has 0 aromatic heterocycles. The second-order valence-electron chi connectivity index (χ2n) is 8.01. The van der Waals surface area contributed by atoms with E-state index in [1.165, 1.54) is 24.1 Å². The zero-order chi connectivity index (χ0) is 19.5. The number of carbonyl (C=O) groups excluding carboxylic acids is 1. The number of halogens is 1. The second kappa shape index (κ2) is 8.41. The van der Waals surface area contributed by atoms with Crippen LogP contribution >= 0.6 is 0 Å². The standard InChI is InChI=1S/C23H27FN2O2/c24-19-11-9-18(10-12-19)23(28)26(13-16-5-4-6-16)14-20-22(21(15-27)25-20)17-7-2-1-3-8-17/h1-3,7-12,16,20-22,25,27H,4-6,13-15H2/t20-,21+,22+/m0/s1. The third-order valence-corrected chi connectivity index (χ3v) is 6.18. The Morgan fingerprint density at radius 1 is 1.04 bits per heavy atom. The first kappa shape index (κ1) is 19.1. The van der Waals surface area contributed by atoms with E-state index in [-0.39, 0.29) is 36.3 Å². The van der Waals surface area contributed by atoms with E-state index in [2.05, 4.69) is 17.4 Å². The van der Waals surface area contributed by atoms with E-state index in [1.807, 2.05) is 23.1 Å². The lowest BCUT2D eigenvalue weighted by atomic mass is 9.77. The summed E-state index contributed by atoms with van der Waals surface area (Å²) >= 11 is 0. The van der Waals surface area contributed by atoms with Crippen LogP contribution < -0.4 is 5.32 Å². The van der Waals surface area contributed by atoms with Crippen LogP contribution in [0.15, 0.2) is 54.6 Å². The highest BCUT2D eigenvalue weighted by molar-refractivity contribution is 5.94. The van der Waals surface area contributed by atoms with Crippen LogP contribution in [0.4, 0.5) is 4.39 Å². The minimum absolute atomic E-state index is 0.0128. The van der Waals surface area contributed by atoms with E-state index in [9.17, 15) is 14.3 Å². The van der Waals surface area contributed by atoms with Crippen molar-refractivity contribution in [2.24, 2.45) is 5.92 Å². The van der Waals surface area contributed by atoms with Crippen molar-refractivity contribution in [2.45, 2.75) is 37.3 Å². The van der Waals surface area contributed by atoms with Gasteiger partial charge in [-0.05, 0) is 48.6 Å². The van der Waals surface area contributed by atoms with E-state index in [1.54, 1.807) is 12.1 Å². The first-order valence-electron chi connectivity index (χ1n) is 10.1. The molecule has 2 fully saturated rings. The lowest BCUT2D eigenvalue weighted by Crippen LogP contribution is -2.65. The minimum Gasteiger partial charge on any atom is -0.395 e. The monoisotopic (exact) mass is 382 g/mol. The van der Waals surface area contributed by atoms with Gasteiger partial charge in [-0.25, -0.2) is 4.39 Å². The van der Waals surface area contributed by atoms with E-state index in [0.29, 0.717) is 18.0 Å². The molecule has 0 bridgehead atoms. The molecule has 2 aromatic rings. The summed E-state index contributed by atoms with van der Waals surface area (Å²) in [5.74, 6) is 0.343. The quantitative estimate of drug-likeness (QED) is 0.773. The Kier molecular flexibility index (Phi) is 5.74. The number of nitrogens with one attached hydrogen (secondary N) is 1. The Bertz CT molecular complexity index is 792.